The summed E-state index contributed by atoms with van der Waals surface area (Å²) in [6, 6.07) is 0. The van der Waals surface area contributed by atoms with Crippen LogP contribution in [0.5, 0.6) is 0 Å². The molecule has 3 aliphatic rings. The van der Waals surface area contributed by atoms with Gasteiger partial charge in [-0.15, -0.1) is 0 Å². The second-order valence-corrected chi connectivity index (χ2v) is 4.63. The van der Waals surface area contributed by atoms with Crippen LogP contribution in [0.2, 0.25) is 0 Å². The molecule has 0 heterocycles. The lowest BCUT2D eigenvalue weighted by atomic mass is 9.48. The summed E-state index contributed by atoms with van der Waals surface area (Å²) in [6.45, 7) is 8.56. The van der Waals surface area contributed by atoms with E-state index >= 15 is 0 Å². The van der Waals surface area contributed by atoms with Crippen LogP contribution in [0.1, 0.15) is 20.3 Å². The third kappa shape index (κ3) is 0.978. The summed E-state index contributed by atoms with van der Waals surface area (Å²) in [5.41, 5.74) is 2.62. The standard InChI is InChI=1S/C11H15NO/c1-7-4-8(6-12-13)10-5-9(7)11(10,2)3/h4,6,9-10,13H,1,5H2,2-3H3/b12-6-/t9?,10-/m1/s1. The van der Waals surface area contributed by atoms with Gasteiger partial charge in [0.15, 0.2) is 0 Å². The van der Waals surface area contributed by atoms with E-state index in [1.165, 1.54) is 12.0 Å². The molecule has 3 rings (SSSR count). The van der Waals surface area contributed by atoms with Crippen molar-refractivity contribution in [2.45, 2.75) is 20.3 Å². The molecule has 1 N–H and O–H groups in total. The summed E-state index contributed by atoms with van der Waals surface area (Å²) in [7, 11) is 0. The van der Waals surface area contributed by atoms with Gasteiger partial charge in [0.05, 0.1) is 6.21 Å². The third-order valence-corrected chi connectivity index (χ3v) is 3.68. The maximum Gasteiger partial charge on any atom is 0.0696 e. The fourth-order valence-electron chi connectivity index (χ4n) is 2.73. The van der Waals surface area contributed by atoms with Crippen LogP contribution >= 0.6 is 0 Å². The van der Waals surface area contributed by atoms with Crippen molar-refractivity contribution in [3.63, 3.8) is 0 Å². The minimum Gasteiger partial charge on any atom is -0.411 e. The molecule has 70 valence electrons. The zero-order valence-electron chi connectivity index (χ0n) is 8.12. The number of allylic oxidation sites excluding steroid dienone is 3. The molecule has 0 amide bonds. The molecule has 0 saturated heterocycles. The number of hydrogen-bond donors (Lipinski definition) is 1. The summed E-state index contributed by atoms with van der Waals surface area (Å²) in [5.74, 6) is 1.19. The highest BCUT2D eigenvalue weighted by Crippen LogP contribution is 2.60. The predicted octanol–water partition coefficient (Wildman–Crippen LogP) is 2.60. The monoisotopic (exact) mass is 177 g/mol. The molecule has 3 aliphatic carbocycles. The molecular weight excluding hydrogens is 162 g/mol. The molecule has 2 heteroatoms. The van der Waals surface area contributed by atoms with Crippen molar-refractivity contribution < 1.29 is 5.21 Å². The van der Waals surface area contributed by atoms with Gasteiger partial charge in [-0.1, -0.05) is 37.2 Å². The first-order chi connectivity index (χ1) is 6.07. The van der Waals surface area contributed by atoms with Crippen LogP contribution in [0.15, 0.2) is 29.0 Å². The van der Waals surface area contributed by atoms with E-state index < -0.39 is 0 Å². The van der Waals surface area contributed by atoms with E-state index in [2.05, 4.69) is 31.7 Å². The first kappa shape index (κ1) is 8.54. The van der Waals surface area contributed by atoms with Crippen LogP contribution in [0, 0.1) is 17.3 Å². The number of nitrogens with zero attached hydrogens (tertiary/aromatic N) is 1. The number of hydrogen-bond acceptors (Lipinski definition) is 2. The summed E-state index contributed by atoms with van der Waals surface area (Å²) in [4.78, 5) is 0. The van der Waals surface area contributed by atoms with Crippen molar-refractivity contribution in [3.05, 3.63) is 23.8 Å². The normalized spacial score (nSPS) is 35.8. The lowest BCUT2D eigenvalue weighted by Gasteiger charge is -2.56. The van der Waals surface area contributed by atoms with Gasteiger partial charge in [-0.3, -0.25) is 0 Å². The maximum absolute atomic E-state index is 8.51. The average molecular weight is 177 g/mol. The van der Waals surface area contributed by atoms with Crippen LogP contribution in [-0.2, 0) is 0 Å². The Balaban J connectivity index is 2.36. The van der Waals surface area contributed by atoms with Gasteiger partial charge in [-0.2, -0.15) is 0 Å². The predicted molar refractivity (Wildman–Crippen MR) is 52.9 cm³/mol. The van der Waals surface area contributed by atoms with Crippen LogP contribution in [0.4, 0.5) is 0 Å². The smallest absolute Gasteiger partial charge is 0.0696 e. The van der Waals surface area contributed by atoms with Crippen LogP contribution < -0.4 is 0 Å². The lowest BCUT2D eigenvalue weighted by Crippen LogP contribution is -2.49. The fourth-order valence-corrected chi connectivity index (χ4v) is 2.73. The van der Waals surface area contributed by atoms with Gasteiger partial charge in [0.25, 0.3) is 0 Å². The molecule has 1 fully saturated rings. The van der Waals surface area contributed by atoms with Gasteiger partial charge in [0, 0.05) is 0 Å². The average Bonchev–Trinajstić information content (AvgIpc) is 2.03. The molecule has 0 spiro atoms. The van der Waals surface area contributed by atoms with Gasteiger partial charge in [-0.05, 0) is 29.2 Å². The minimum absolute atomic E-state index is 0.308. The second-order valence-electron chi connectivity index (χ2n) is 4.63. The Morgan fingerprint density at radius 2 is 2.31 bits per heavy atom. The number of rotatable bonds is 1. The van der Waals surface area contributed by atoms with E-state index in [1.54, 1.807) is 6.21 Å². The van der Waals surface area contributed by atoms with E-state index in [4.69, 9.17) is 5.21 Å². The zero-order chi connectivity index (χ0) is 9.64. The highest BCUT2D eigenvalue weighted by atomic mass is 16.4. The molecule has 2 nitrogen and oxygen atoms in total. The highest BCUT2D eigenvalue weighted by molar-refractivity contribution is 5.81. The van der Waals surface area contributed by atoms with Crippen molar-refractivity contribution >= 4 is 6.21 Å². The first-order valence-corrected chi connectivity index (χ1v) is 4.65. The summed E-state index contributed by atoms with van der Waals surface area (Å²) in [6.07, 6.45) is 4.78. The Hall–Kier alpha value is -1.05. The van der Waals surface area contributed by atoms with E-state index in [0.717, 1.165) is 5.57 Å². The largest absolute Gasteiger partial charge is 0.411 e. The van der Waals surface area contributed by atoms with E-state index in [1.807, 2.05) is 0 Å². The summed E-state index contributed by atoms with van der Waals surface area (Å²) in [5, 5.41) is 11.6. The van der Waals surface area contributed by atoms with Crippen molar-refractivity contribution in [2.75, 3.05) is 0 Å². The molecule has 0 radical (unpaired) electrons. The minimum atomic E-state index is 0.308. The van der Waals surface area contributed by atoms with Crippen molar-refractivity contribution in [1.29, 1.82) is 0 Å². The third-order valence-electron chi connectivity index (χ3n) is 3.68. The molecule has 13 heavy (non-hydrogen) atoms. The van der Waals surface area contributed by atoms with Crippen LogP contribution in [0.25, 0.3) is 0 Å². The first-order valence-electron chi connectivity index (χ1n) is 4.65. The van der Waals surface area contributed by atoms with Crippen molar-refractivity contribution in [1.82, 2.24) is 0 Å². The maximum atomic E-state index is 8.51. The Kier molecular flexibility index (Phi) is 1.62. The Labute approximate surface area is 78.6 Å². The molecule has 0 aromatic carbocycles. The molecular formula is C11H15NO. The Morgan fingerprint density at radius 3 is 2.77 bits per heavy atom. The quantitative estimate of drug-likeness (QED) is 0.372. The van der Waals surface area contributed by atoms with E-state index in [-0.39, 0.29) is 0 Å². The van der Waals surface area contributed by atoms with Gasteiger partial charge in [0.2, 0.25) is 0 Å². The highest BCUT2D eigenvalue weighted by Gasteiger charge is 2.52. The summed E-state index contributed by atoms with van der Waals surface area (Å²) < 4.78 is 0. The van der Waals surface area contributed by atoms with Gasteiger partial charge in [-0.25, -0.2) is 0 Å². The topological polar surface area (TPSA) is 32.6 Å². The number of fused-ring (bicyclic) bond motifs is 1. The molecule has 2 atom stereocenters. The van der Waals surface area contributed by atoms with Crippen molar-refractivity contribution in [2.24, 2.45) is 22.4 Å². The molecule has 1 saturated carbocycles. The van der Waals surface area contributed by atoms with Gasteiger partial charge >= 0.3 is 0 Å². The van der Waals surface area contributed by atoms with Crippen LogP contribution in [0.3, 0.4) is 0 Å². The van der Waals surface area contributed by atoms with Gasteiger partial charge in [0.1, 0.15) is 0 Å². The molecule has 1 unspecified atom stereocenters. The van der Waals surface area contributed by atoms with Crippen LogP contribution in [-0.4, -0.2) is 11.4 Å². The SMILES string of the molecule is C=C1C=C(/C=N\O)[C@H]2CC1C2(C)C. The van der Waals surface area contributed by atoms with Gasteiger partial charge < -0.3 is 5.21 Å². The number of oxime groups is 1. The fraction of sp³-hybridized carbons (Fsp3) is 0.545. The Morgan fingerprint density at radius 1 is 1.62 bits per heavy atom. The molecule has 0 aromatic heterocycles. The second kappa shape index (κ2) is 2.47. The molecule has 0 aliphatic heterocycles. The van der Waals surface area contributed by atoms with Crippen molar-refractivity contribution in [3.8, 4) is 0 Å². The summed E-state index contributed by atoms with van der Waals surface area (Å²) >= 11 is 0. The zero-order valence-corrected chi connectivity index (χ0v) is 8.12. The van der Waals surface area contributed by atoms with E-state index in [0.29, 0.717) is 17.3 Å². The van der Waals surface area contributed by atoms with E-state index in [9.17, 15) is 0 Å². The molecule has 2 bridgehead atoms. The Bertz CT molecular complexity index is 312. The lowest BCUT2D eigenvalue weighted by molar-refractivity contribution is 0.0287. The molecule has 0 aromatic rings.